The molecular formula is C13H16FN3O4. The predicted molar refractivity (Wildman–Crippen MR) is 69.1 cm³/mol. The molecule has 0 saturated carbocycles. The third-order valence-corrected chi connectivity index (χ3v) is 4.06. The summed E-state index contributed by atoms with van der Waals surface area (Å²) in [6, 6.07) is 3.09. The van der Waals surface area contributed by atoms with E-state index in [9.17, 15) is 14.6 Å². The van der Waals surface area contributed by atoms with E-state index in [4.69, 9.17) is 9.84 Å². The highest BCUT2D eigenvalue weighted by atomic mass is 19.1. The second-order valence-electron chi connectivity index (χ2n) is 5.36. The summed E-state index contributed by atoms with van der Waals surface area (Å²) < 4.78 is 21.4. The Hall–Kier alpha value is -1.61. The monoisotopic (exact) mass is 297 g/mol. The third-order valence-electron chi connectivity index (χ3n) is 4.06. The molecule has 1 aliphatic heterocycles. The van der Waals surface area contributed by atoms with Gasteiger partial charge < -0.3 is 20.1 Å². The van der Waals surface area contributed by atoms with Gasteiger partial charge in [0.15, 0.2) is 5.67 Å². The molecule has 21 heavy (non-hydrogen) atoms. The average molecular weight is 297 g/mol. The Morgan fingerprint density at radius 3 is 2.81 bits per heavy atom. The summed E-state index contributed by atoms with van der Waals surface area (Å²) in [7, 11) is 0. The van der Waals surface area contributed by atoms with Crippen molar-refractivity contribution in [3.05, 3.63) is 29.8 Å². The summed E-state index contributed by atoms with van der Waals surface area (Å²) in [4.78, 5) is 4.01. The van der Waals surface area contributed by atoms with Crippen molar-refractivity contribution in [1.82, 2.24) is 14.6 Å². The molecule has 0 amide bonds. The molecule has 2 aromatic heterocycles. The van der Waals surface area contributed by atoms with E-state index in [0.717, 1.165) is 6.92 Å². The van der Waals surface area contributed by atoms with Crippen LogP contribution in [0.5, 0.6) is 0 Å². The van der Waals surface area contributed by atoms with E-state index in [1.807, 2.05) is 0 Å². The minimum Gasteiger partial charge on any atom is -0.394 e. The second kappa shape index (κ2) is 4.44. The Morgan fingerprint density at radius 1 is 1.48 bits per heavy atom. The predicted octanol–water partition coefficient (Wildman–Crippen LogP) is -0.337. The largest absolute Gasteiger partial charge is 0.394 e. The number of hydrogen-bond donors (Lipinski definition) is 3. The molecule has 0 aromatic carbocycles. The van der Waals surface area contributed by atoms with Gasteiger partial charge in [-0.1, -0.05) is 0 Å². The molecule has 2 aromatic rings. The first kappa shape index (κ1) is 14.3. The van der Waals surface area contributed by atoms with E-state index in [1.54, 1.807) is 13.0 Å². The lowest BCUT2D eigenvalue weighted by molar-refractivity contribution is -0.256. The van der Waals surface area contributed by atoms with Crippen molar-refractivity contribution in [2.24, 2.45) is 0 Å². The molecule has 7 nitrogen and oxygen atoms in total. The zero-order chi connectivity index (χ0) is 15.4. The fourth-order valence-electron chi connectivity index (χ4n) is 2.71. The molecule has 3 rings (SSSR count). The van der Waals surface area contributed by atoms with Crippen LogP contribution in [0.3, 0.4) is 0 Å². The summed E-state index contributed by atoms with van der Waals surface area (Å²) >= 11 is 0. The SMILES string of the molecule is Cc1ncnn2c([C@]3(O)O[C@H](CO)[C@@H](O)[C@@]3(C)F)ccc12. The molecule has 4 atom stereocenters. The summed E-state index contributed by atoms with van der Waals surface area (Å²) in [5.41, 5.74) is -1.24. The van der Waals surface area contributed by atoms with Gasteiger partial charge in [-0.05, 0) is 26.0 Å². The van der Waals surface area contributed by atoms with Gasteiger partial charge in [-0.15, -0.1) is 0 Å². The molecule has 8 heteroatoms. The summed E-state index contributed by atoms with van der Waals surface area (Å²) in [6.45, 7) is 2.17. The number of ether oxygens (including phenoxy) is 1. The number of halogens is 1. The highest BCUT2D eigenvalue weighted by Crippen LogP contribution is 2.47. The van der Waals surface area contributed by atoms with Crippen LogP contribution in [-0.4, -0.2) is 54.4 Å². The quantitative estimate of drug-likeness (QED) is 0.701. The second-order valence-corrected chi connectivity index (χ2v) is 5.36. The first-order valence-electron chi connectivity index (χ1n) is 6.51. The van der Waals surface area contributed by atoms with Gasteiger partial charge in [-0.25, -0.2) is 13.9 Å². The van der Waals surface area contributed by atoms with Crippen molar-refractivity contribution >= 4 is 5.52 Å². The van der Waals surface area contributed by atoms with E-state index in [-0.39, 0.29) is 5.69 Å². The first-order valence-corrected chi connectivity index (χ1v) is 6.51. The van der Waals surface area contributed by atoms with Crippen LogP contribution >= 0.6 is 0 Å². The first-order chi connectivity index (χ1) is 9.83. The van der Waals surface area contributed by atoms with Crippen LogP contribution in [0.4, 0.5) is 4.39 Å². The van der Waals surface area contributed by atoms with Gasteiger partial charge in [0.05, 0.1) is 17.8 Å². The van der Waals surface area contributed by atoms with Gasteiger partial charge in [0.1, 0.15) is 24.2 Å². The number of aliphatic hydroxyl groups is 3. The standard InChI is InChI=1S/C13H16FN3O4/c1-7-8-3-4-10(17(8)16-6-15-7)13(20)12(2,14)11(19)9(5-18)21-13/h3-4,6,9,11,18-20H,5H2,1-2H3/t9-,11-,12-,13+/m1/s1. The summed E-state index contributed by atoms with van der Waals surface area (Å²) in [6.07, 6.45) is -1.61. The molecule has 3 N–H and O–H groups in total. The third kappa shape index (κ3) is 1.73. The average Bonchev–Trinajstić information content (AvgIpc) is 2.95. The summed E-state index contributed by atoms with van der Waals surface area (Å²) in [5, 5.41) is 33.8. The molecule has 0 radical (unpaired) electrons. The van der Waals surface area contributed by atoms with Crippen molar-refractivity contribution in [1.29, 1.82) is 0 Å². The van der Waals surface area contributed by atoms with Crippen LogP contribution < -0.4 is 0 Å². The van der Waals surface area contributed by atoms with E-state index in [2.05, 4.69) is 10.1 Å². The maximum absolute atomic E-state index is 14.9. The van der Waals surface area contributed by atoms with Crippen molar-refractivity contribution < 1.29 is 24.4 Å². The van der Waals surface area contributed by atoms with Gasteiger partial charge in [0.2, 0.25) is 5.79 Å². The molecule has 3 heterocycles. The number of nitrogens with zero attached hydrogens (tertiary/aromatic N) is 3. The molecule has 0 spiro atoms. The minimum atomic E-state index is -2.51. The zero-order valence-corrected chi connectivity index (χ0v) is 11.6. The van der Waals surface area contributed by atoms with E-state index >= 15 is 0 Å². The maximum Gasteiger partial charge on any atom is 0.248 e. The number of hydrogen-bond acceptors (Lipinski definition) is 6. The topological polar surface area (TPSA) is 100 Å². The normalized spacial score (nSPS) is 36.5. The van der Waals surface area contributed by atoms with Crippen LogP contribution in [0.1, 0.15) is 18.3 Å². The van der Waals surface area contributed by atoms with Crippen molar-refractivity contribution in [2.45, 2.75) is 37.5 Å². The molecule has 114 valence electrons. The number of aryl methyl sites for hydroxylation is 1. The highest BCUT2D eigenvalue weighted by molar-refractivity contribution is 5.53. The molecular weight excluding hydrogens is 281 g/mol. The smallest absolute Gasteiger partial charge is 0.248 e. The van der Waals surface area contributed by atoms with Gasteiger partial charge in [-0.3, -0.25) is 0 Å². The fourth-order valence-corrected chi connectivity index (χ4v) is 2.71. The molecule has 1 saturated heterocycles. The number of aromatic nitrogens is 3. The highest BCUT2D eigenvalue weighted by Gasteiger charge is 2.65. The lowest BCUT2D eigenvalue weighted by Crippen LogP contribution is -2.49. The zero-order valence-electron chi connectivity index (χ0n) is 11.6. The number of rotatable bonds is 2. The van der Waals surface area contributed by atoms with Gasteiger partial charge in [0, 0.05) is 0 Å². The van der Waals surface area contributed by atoms with E-state index in [0.29, 0.717) is 11.2 Å². The van der Waals surface area contributed by atoms with Gasteiger partial charge >= 0.3 is 0 Å². The number of aliphatic hydroxyl groups excluding tert-OH is 2. The van der Waals surface area contributed by atoms with E-state index in [1.165, 1.54) is 16.9 Å². The maximum atomic E-state index is 14.9. The Balaban J connectivity index is 2.19. The molecule has 0 bridgehead atoms. The lowest BCUT2D eigenvalue weighted by Gasteiger charge is -2.31. The van der Waals surface area contributed by atoms with Crippen molar-refractivity contribution in [3.63, 3.8) is 0 Å². The van der Waals surface area contributed by atoms with Crippen molar-refractivity contribution in [2.75, 3.05) is 6.61 Å². The van der Waals surface area contributed by atoms with Crippen molar-refractivity contribution in [3.8, 4) is 0 Å². The molecule has 0 unspecified atom stereocenters. The fraction of sp³-hybridized carbons (Fsp3) is 0.538. The van der Waals surface area contributed by atoms with Crippen LogP contribution in [0.2, 0.25) is 0 Å². The number of alkyl halides is 1. The Kier molecular flexibility index (Phi) is 3.03. The Morgan fingerprint density at radius 2 is 2.19 bits per heavy atom. The molecule has 1 fully saturated rings. The van der Waals surface area contributed by atoms with Gasteiger partial charge in [0.25, 0.3) is 0 Å². The summed E-state index contributed by atoms with van der Waals surface area (Å²) in [5.74, 6) is -2.42. The Labute approximate surface area is 119 Å². The van der Waals surface area contributed by atoms with E-state index < -0.39 is 30.3 Å². The molecule has 0 aliphatic carbocycles. The Bertz CT molecular complexity index is 689. The minimum absolute atomic E-state index is 0.0306. The van der Waals surface area contributed by atoms with Crippen LogP contribution in [-0.2, 0) is 10.5 Å². The number of fused-ring (bicyclic) bond motifs is 1. The van der Waals surface area contributed by atoms with Crippen LogP contribution in [0.15, 0.2) is 18.5 Å². The lowest BCUT2D eigenvalue weighted by atomic mass is 9.90. The van der Waals surface area contributed by atoms with Gasteiger partial charge in [-0.2, -0.15) is 5.10 Å². The molecule has 1 aliphatic rings. The van der Waals surface area contributed by atoms with Crippen LogP contribution in [0.25, 0.3) is 5.52 Å². The van der Waals surface area contributed by atoms with Crippen LogP contribution in [0, 0.1) is 6.92 Å².